The first kappa shape index (κ1) is 21.3. The molecule has 0 aromatic rings. The molecule has 0 radical (unpaired) electrons. The summed E-state index contributed by atoms with van der Waals surface area (Å²) < 4.78 is 17.7. The molecule has 1 saturated heterocycles. The van der Waals surface area contributed by atoms with E-state index in [1.54, 1.807) is 19.9 Å². The molecule has 28 heavy (non-hydrogen) atoms. The van der Waals surface area contributed by atoms with E-state index in [0.717, 1.165) is 0 Å². The average Bonchev–Trinajstić information content (AvgIpc) is 3.17. The summed E-state index contributed by atoms with van der Waals surface area (Å²) in [6.07, 6.45) is 2.22. The number of carbonyl (C=O) groups excluding carboxylic acids is 2. The molecule has 0 bridgehead atoms. The summed E-state index contributed by atoms with van der Waals surface area (Å²) in [5.41, 5.74) is -1.54. The van der Waals surface area contributed by atoms with Crippen molar-refractivity contribution < 1.29 is 28.9 Å². The lowest BCUT2D eigenvalue weighted by Gasteiger charge is -2.45. The van der Waals surface area contributed by atoms with Gasteiger partial charge in [0.25, 0.3) is 0 Å². The SMILES string of the molecule is C/C=C(\C)C(=O)O[C@H]1C[C@@]2(C)O[C@H]2[C@@H](OC(C)=O)[C@]2(C)CC[C@@](O)(C(C)C)[C@H]12. The van der Waals surface area contributed by atoms with Crippen LogP contribution in [0, 0.1) is 17.3 Å². The predicted molar refractivity (Wildman–Crippen MR) is 103 cm³/mol. The van der Waals surface area contributed by atoms with E-state index >= 15 is 0 Å². The van der Waals surface area contributed by atoms with E-state index in [1.807, 2.05) is 27.7 Å². The molecule has 3 aliphatic rings. The first-order valence-corrected chi connectivity index (χ1v) is 10.3. The Balaban J connectivity index is 2.07. The Hall–Kier alpha value is -1.40. The number of hydrogen-bond donors (Lipinski definition) is 1. The zero-order chi connectivity index (χ0) is 21.1. The topological polar surface area (TPSA) is 85.4 Å². The molecule has 0 spiro atoms. The fraction of sp³-hybridized carbons (Fsp3) is 0.818. The molecule has 3 fully saturated rings. The largest absolute Gasteiger partial charge is 0.459 e. The van der Waals surface area contributed by atoms with Gasteiger partial charge in [0.1, 0.15) is 18.3 Å². The minimum absolute atomic E-state index is 0.0236. The summed E-state index contributed by atoms with van der Waals surface area (Å²) in [5, 5.41) is 11.7. The fourth-order valence-corrected chi connectivity index (χ4v) is 5.56. The minimum Gasteiger partial charge on any atom is -0.459 e. The zero-order valence-electron chi connectivity index (χ0n) is 18.1. The van der Waals surface area contributed by atoms with Gasteiger partial charge >= 0.3 is 11.9 Å². The van der Waals surface area contributed by atoms with Gasteiger partial charge in [0.2, 0.25) is 0 Å². The van der Waals surface area contributed by atoms with Crippen molar-refractivity contribution in [3.63, 3.8) is 0 Å². The molecule has 6 heteroatoms. The molecule has 158 valence electrons. The Morgan fingerprint density at radius 1 is 1.18 bits per heavy atom. The second-order valence-corrected chi connectivity index (χ2v) is 9.63. The first-order valence-electron chi connectivity index (χ1n) is 10.3. The Bertz CT molecular complexity index is 699. The third kappa shape index (κ3) is 3.18. The zero-order valence-corrected chi connectivity index (χ0v) is 18.1. The Labute approximate surface area is 167 Å². The molecule has 1 aliphatic heterocycles. The quantitative estimate of drug-likeness (QED) is 0.448. The van der Waals surface area contributed by atoms with Crippen molar-refractivity contribution in [3.05, 3.63) is 11.6 Å². The van der Waals surface area contributed by atoms with Crippen LogP contribution in [-0.4, -0.2) is 46.6 Å². The van der Waals surface area contributed by atoms with Crippen LogP contribution in [0.25, 0.3) is 0 Å². The number of esters is 2. The lowest BCUT2D eigenvalue weighted by Crippen LogP contribution is -2.54. The van der Waals surface area contributed by atoms with Crippen LogP contribution in [0.2, 0.25) is 0 Å². The summed E-state index contributed by atoms with van der Waals surface area (Å²) in [4.78, 5) is 24.5. The maximum absolute atomic E-state index is 12.6. The van der Waals surface area contributed by atoms with E-state index < -0.39 is 28.8 Å². The highest BCUT2D eigenvalue weighted by Crippen LogP contribution is 2.64. The average molecular weight is 395 g/mol. The lowest BCUT2D eigenvalue weighted by molar-refractivity contribution is -0.181. The van der Waals surface area contributed by atoms with Gasteiger partial charge in [-0.1, -0.05) is 26.8 Å². The van der Waals surface area contributed by atoms with E-state index in [0.29, 0.717) is 24.8 Å². The molecule has 6 nitrogen and oxygen atoms in total. The standard InChI is InChI=1S/C22H34O6/c1-8-13(4)19(24)27-15-11-21(7)18(28-21)17(26-14(5)23)20(6)9-10-22(25,12(2)3)16(15)20/h8,12,15-18,25H,9-11H2,1-7H3/b13-8+/t15-,16+,17+,18-,20+,21+,22+/m0/s1. The summed E-state index contributed by atoms with van der Waals surface area (Å²) in [5.74, 6) is -1.10. The third-order valence-electron chi connectivity index (χ3n) is 7.46. The minimum atomic E-state index is -1.00. The molecule has 0 unspecified atom stereocenters. The van der Waals surface area contributed by atoms with Gasteiger partial charge < -0.3 is 19.3 Å². The number of rotatable bonds is 4. The van der Waals surface area contributed by atoms with Gasteiger partial charge in [-0.3, -0.25) is 4.79 Å². The van der Waals surface area contributed by atoms with Gasteiger partial charge in [0, 0.05) is 30.3 Å². The van der Waals surface area contributed by atoms with E-state index in [1.165, 1.54) is 6.92 Å². The number of aliphatic hydroxyl groups is 1. The summed E-state index contributed by atoms with van der Waals surface area (Å²) >= 11 is 0. The highest BCUT2D eigenvalue weighted by atomic mass is 16.6. The molecule has 0 aromatic carbocycles. The molecule has 3 rings (SSSR count). The molecular weight excluding hydrogens is 360 g/mol. The summed E-state index contributed by atoms with van der Waals surface area (Å²) in [7, 11) is 0. The Morgan fingerprint density at radius 3 is 2.36 bits per heavy atom. The maximum Gasteiger partial charge on any atom is 0.333 e. The van der Waals surface area contributed by atoms with Crippen LogP contribution in [0.15, 0.2) is 11.6 Å². The Morgan fingerprint density at radius 2 is 1.82 bits per heavy atom. The molecule has 2 saturated carbocycles. The second-order valence-electron chi connectivity index (χ2n) is 9.63. The second kappa shape index (κ2) is 6.84. The van der Waals surface area contributed by atoms with Crippen molar-refractivity contribution in [2.24, 2.45) is 17.3 Å². The number of carbonyl (C=O) groups is 2. The molecule has 0 amide bonds. The first-order chi connectivity index (χ1) is 12.9. The van der Waals surface area contributed by atoms with Crippen molar-refractivity contribution in [3.8, 4) is 0 Å². The van der Waals surface area contributed by atoms with Gasteiger partial charge in [0.15, 0.2) is 0 Å². The fourth-order valence-electron chi connectivity index (χ4n) is 5.56. The molecular formula is C22H34O6. The summed E-state index contributed by atoms with van der Waals surface area (Å²) in [6.45, 7) is 12.9. The molecule has 1 N–H and O–H groups in total. The van der Waals surface area contributed by atoms with Crippen LogP contribution in [0.4, 0.5) is 0 Å². The van der Waals surface area contributed by atoms with Crippen molar-refractivity contribution in [2.45, 2.75) is 97.2 Å². The number of epoxide rings is 1. The lowest BCUT2D eigenvalue weighted by atomic mass is 9.66. The van der Waals surface area contributed by atoms with Gasteiger partial charge in [-0.15, -0.1) is 0 Å². The highest BCUT2D eigenvalue weighted by molar-refractivity contribution is 5.87. The van der Waals surface area contributed by atoms with Crippen LogP contribution in [0.5, 0.6) is 0 Å². The monoisotopic (exact) mass is 394 g/mol. The maximum atomic E-state index is 12.6. The number of hydrogen-bond acceptors (Lipinski definition) is 6. The van der Waals surface area contributed by atoms with Crippen molar-refractivity contribution in [1.82, 2.24) is 0 Å². The van der Waals surface area contributed by atoms with E-state index in [4.69, 9.17) is 14.2 Å². The van der Waals surface area contributed by atoms with Gasteiger partial charge in [-0.05, 0) is 39.5 Å². The van der Waals surface area contributed by atoms with Crippen LogP contribution in [-0.2, 0) is 23.8 Å². The van der Waals surface area contributed by atoms with Crippen molar-refractivity contribution in [2.75, 3.05) is 0 Å². The Kier molecular flexibility index (Phi) is 5.20. The van der Waals surface area contributed by atoms with Gasteiger partial charge in [-0.25, -0.2) is 4.79 Å². The van der Waals surface area contributed by atoms with Crippen LogP contribution in [0.3, 0.4) is 0 Å². The summed E-state index contributed by atoms with van der Waals surface area (Å²) in [6, 6.07) is 0. The van der Waals surface area contributed by atoms with Gasteiger partial charge in [0.05, 0.1) is 11.2 Å². The van der Waals surface area contributed by atoms with Crippen molar-refractivity contribution in [1.29, 1.82) is 0 Å². The van der Waals surface area contributed by atoms with Crippen LogP contribution in [0.1, 0.15) is 67.7 Å². The predicted octanol–water partition coefficient (Wildman–Crippen LogP) is 3.16. The molecule has 0 aromatic heterocycles. The van der Waals surface area contributed by atoms with E-state index in [2.05, 4.69) is 0 Å². The van der Waals surface area contributed by atoms with Crippen molar-refractivity contribution >= 4 is 11.9 Å². The van der Waals surface area contributed by atoms with Gasteiger partial charge in [-0.2, -0.15) is 0 Å². The third-order valence-corrected chi connectivity index (χ3v) is 7.46. The van der Waals surface area contributed by atoms with Crippen LogP contribution < -0.4 is 0 Å². The number of fused-ring (bicyclic) bond motifs is 2. The highest BCUT2D eigenvalue weighted by Gasteiger charge is 2.73. The number of allylic oxidation sites excluding steroid dienone is 1. The van der Waals surface area contributed by atoms with E-state index in [9.17, 15) is 14.7 Å². The molecule has 7 atom stereocenters. The normalized spacial score (nSPS) is 45.1. The van der Waals surface area contributed by atoms with Crippen LogP contribution >= 0.6 is 0 Å². The molecule has 1 heterocycles. The van der Waals surface area contributed by atoms with E-state index in [-0.39, 0.29) is 29.9 Å². The number of ether oxygens (including phenoxy) is 3. The smallest absolute Gasteiger partial charge is 0.333 e. The molecule has 2 aliphatic carbocycles.